The van der Waals surface area contributed by atoms with Gasteiger partial charge in [-0.1, -0.05) is 18.2 Å². The Labute approximate surface area is 195 Å². The lowest BCUT2D eigenvalue weighted by Gasteiger charge is -2.34. The molecule has 0 unspecified atom stereocenters. The molecule has 0 saturated carbocycles. The highest BCUT2D eigenvalue weighted by atomic mass is 32.1. The van der Waals surface area contributed by atoms with E-state index in [1.165, 1.54) is 17.4 Å². The van der Waals surface area contributed by atoms with E-state index in [0.717, 1.165) is 42.3 Å². The fourth-order valence-electron chi connectivity index (χ4n) is 3.58. The monoisotopic (exact) mass is 473 g/mol. The molecular weight excluding hydrogens is 448 g/mol. The zero-order valence-corrected chi connectivity index (χ0v) is 19.1. The van der Waals surface area contributed by atoms with Crippen molar-refractivity contribution in [3.8, 4) is 16.3 Å². The van der Waals surface area contributed by atoms with Crippen molar-refractivity contribution in [2.75, 3.05) is 46.4 Å². The zero-order chi connectivity index (χ0) is 23.2. The Morgan fingerprint density at radius 2 is 1.91 bits per heavy atom. The molecule has 2 aromatic carbocycles. The molecule has 1 aliphatic heterocycles. The number of carbonyl (C=O) groups excluding carboxylic acids is 1. The SMILES string of the molecule is COCCN1CCN(C(=O)c2csc(-c3cccc(OCc4ccc(F)c(F)c4)c3)n2)CC1. The fourth-order valence-corrected chi connectivity index (χ4v) is 4.37. The van der Waals surface area contributed by atoms with E-state index in [1.54, 1.807) is 18.6 Å². The molecule has 3 aromatic rings. The van der Waals surface area contributed by atoms with Crippen LogP contribution >= 0.6 is 11.3 Å². The Kier molecular flexibility index (Phi) is 7.64. The Balaban J connectivity index is 1.37. The second kappa shape index (κ2) is 10.8. The van der Waals surface area contributed by atoms with E-state index in [0.29, 0.717) is 36.7 Å². The molecule has 0 atom stereocenters. The first-order valence-electron chi connectivity index (χ1n) is 10.7. The molecule has 174 valence electrons. The summed E-state index contributed by atoms with van der Waals surface area (Å²) in [4.78, 5) is 21.6. The Hall–Kier alpha value is -2.88. The maximum Gasteiger partial charge on any atom is 0.273 e. The largest absolute Gasteiger partial charge is 0.489 e. The van der Waals surface area contributed by atoms with Gasteiger partial charge in [-0.15, -0.1) is 11.3 Å². The van der Waals surface area contributed by atoms with Crippen molar-refractivity contribution in [1.82, 2.24) is 14.8 Å². The van der Waals surface area contributed by atoms with E-state index >= 15 is 0 Å². The first kappa shape index (κ1) is 23.3. The number of rotatable bonds is 8. The van der Waals surface area contributed by atoms with Crippen LogP contribution in [0.15, 0.2) is 47.8 Å². The highest BCUT2D eigenvalue weighted by Crippen LogP contribution is 2.28. The summed E-state index contributed by atoms with van der Waals surface area (Å²) in [6, 6.07) is 11.0. The molecule has 0 bridgehead atoms. The summed E-state index contributed by atoms with van der Waals surface area (Å²) >= 11 is 1.40. The number of benzene rings is 2. The van der Waals surface area contributed by atoms with Crippen molar-refractivity contribution in [1.29, 1.82) is 0 Å². The van der Waals surface area contributed by atoms with Crippen LogP contribution in [0.25, 0.3) is 10.6 Å². The van der Waals surface area contributed by atoms with Crippen LogP contribution in [0.2, 0.25) is 0 Å². The molecule has 33 heavy (non-hydrogen) atoms. The molecule has 9 heteroatoms. The zero-order valence-electron chi connectivity index (χ0n) is 18.3. The molecule has 1 fully saturated rings. The lowest BCUT2D eigenvalue weighted by atomic mass is 10.2. The van der Waals surface area contributed by atoms with E-state index in [4.69, 9.17) is 9.47 Å². The minimum atomic E-state index is -0.902. The average Bonchev–Trinajstić information content (AvgIpc) is 3.34. The van der Waals surface area contributed by atoms with Gasteiger partial charge in [0.1, 0.15) is 23.1 Å². The Morgan fingerprint density at radius 1 is 1.09 bits per heavy atom. The first-order chi connectivity index (χ1) is 16.0. The molecule has 2 heterocycles. The minimum Gasteiger partial charge on any atom is -0.489 e. The molecule has 1 aromatic heterocycles. The number of carbonyl (C=O) groups is 1. The fraction of sp³-hybridized carbons (Fsp3) is 0.333. The van der Waals surface area contributed by atoms with Crippen LogP contribution in [0.5, 0.6) is 5.75 Å². The van der Waals surface area contributed by atoms with Crippen LogP contribution in [0.1, 0.15) is 16.1 Å². The van der Waals surface area contributed by atoms with Crippen LogP contribution in [0.3, 0.4) is 0 Å². The summed E-state index contributed by atoms with van der Waals surface area (Å²) in [5.74, 6) is -1.27. The van der Waals surface area contributed by atoms with E-state index in [9.17, 15) is 13.6 Å². The number of hydrogen-bond acceptors (Lipinski definition) is 6. The number of amides is 1. The normalized spacial score (nSPS) is 14.5. The van der Waals surface area contributed by atoms with Crippen LogP contribution in [0.4, 0.5) is 8.78 Å². The molecule has 1 aliphatic rings. The van der Waals surface area contributed by atoms with Gasteiger partial charge in [0, 0.05) is 50.8 Å². The molecule has 0 radical (unpaired) electrons. The summed E-state index contributed by atoms with van der Waals surface area (Å²) in [7, 11) is 1.69. The molecular formula is C24H25F2N3O3S. The average molecular weight is 474 g/mol. The van der Waals surface area contributed by atoms with Gasteiger partial charge in [0.05, 0.1) is 6.61 Å². The third kappa shape index (κ3) is 5.93. The maximum absolute atomic E-state index is 13.4. The first-order valence-corrected chi connectivity index (χ1v) is 11.5. The predicted octanol–water partition coefficient (Wildman–Crippen LogP) is 4.07. The number of ether oxygens (including phenoxy) is 2. The van der Waals surface area contributed by atoms with Gasteiger partial charge < -0.3 is 14.4 Å². The van der Waals surface area contributed by atoms with Crippen molar-refractivity contribution >= 4 is 17.2 Å². The second-order valence-electron chi connectivity index (χ2n) is 7.73. The van der Waals surface area contributed by atoms with Gasteiger partial charge in [0.25, 0.3) is 5.91 Å². The van der Waals surface area contributed by atoms with Crippen molar-refractivity contribution in [2.24, 2.45) is 0 Å². The van der Waals surface area contributed by atoms with Gasteiger partial charge in [-0.25, -0.2) is 13.8 Å². The molecule has 0 spiro atoms. The van der Waals surface area contributed by atoms with E-state index in [2.05, 4.69) is 9.88 Å². The number of nitrogens with zero attached hydrogens (tertiary/aromatic N) is 3. The summed E-state index contributed by atoms with van der Waals surface area (Å²) in [6.07, 6.45) is 0. The van der Waals surface area contributed by atoms with Gasteiger partial charge in [-0.05, 0) is 29.8 Å². The lowest BCUT2D eigenvalue weighted by molar-refractivity contribution is 0.0589. The third-order valence-electron chi connectivity index (χ3n) is 5.46. The number of aromatic nitrogens is 1. The Morgan fingerprint density at radius 3 is 2.67 bits per heavy atom. The van der Waals surface area contributed by atoms with Gasteiger partial charge in [-0.2, -0.15) is 0 Å². The summed E-state index contributed by atoms with van der Waals surface area (Å²) in [6.45, 7) is 4.65. The van der Waals surface area contributed by atoms with E-state index in [-0.39, 0.29) is 12.5 Å². The molecule has 4 rings (SSSR count). The van der Waals surface area contributed by atoms with Crippen LogP contribution in [0, 0.1) is 11.6 Å². The predicted molar refractivity (Wildman–Crippen MR) is 122 cm³/mol. The van der Waals surface area contributed by atoms with Crippen molar-refractivity contribution in [2.45, 2.75) is 6.61 Å². The third-order valence-corrected chi connectivity index (χ3v) is 6.36. The molecule has 0 N–H and O–H groups in total. The van der Waals surface area contributed by atoms with Crippen LogP contribution in [-0.4, -0.2) is 67.1 Å². The van der Waals surface area contributed by atoms with E-state index in [1.807, 2.05) is 23.1 Å². The summed E-state index contributed by atoms with van der Waals surface area (Å²) in [5.41, 5.74) is 1.79. The smallest absolute Gasteiger partial charge is 0.273 e. The molecule has 1 saturated heterocycles. The van der Waals surface area contributed by atoms with Gasteiger partial charge >= 0.3 is 0 Å². The second-order valence-corrected chi connectivity index (χ2v) is 8.59. The van der Waals surface area contributed by atoms with Crippen molar-refractivity contribution < 1.29 is 23.0 Å². The number of piperazine rings is 1. The van der Waals surface area contributed by atoms with Gasteiger partial charge in [0.15, 0.2) is 11.6 Å². The van der Waals surface area contributed by atoms with E-state index < -0.39 is 11.6 Å². The number of hydrogen-bond donors (Lipinski definition) is 0. The van der Waals surface area contributed by atoms with Gasteiger partial charge in [0.2, 0.25) is 0 Å². The van der Waals surface area contributed by atoms with Gasteiger partial charge in [-0.3, -0.25) is 9.69 Å². The lowest BCUT2D eigenvalue weighted by Crippen LogP contribution is -2.49. The van der Waals surface area contributed by atoms with Crippen LogP contribution < -0.4 is 4.74 Å². The van der Waals surface area contributed by atoms with Crippen molar-refractivity contribution in [3.05, 3.63) is 70.7 Å². The Bertz CT molecular complexity index is 1100. The number of thiazole rings is 1. The molecule has 1 amide bonds. The van der Waals surface area contributed by atoms with Crippen molar-refractivity contribution in [3.63, 3.8) is 0 Å². The molecule has 0 aliphatic carbocycles. The number of methoxy groups -OCH3 is 1. The standard InChI is InChI=1S/C24H25F2N3O3S/c1-31-12-11-28-7-9-29(10-8-28)24(30)22-16-33-23(27-22)18-3-2-4-19(14-18)32-15-17-5-6-20(25)21(26)13-17/h2-6,13-14,16H,7-12,15H2,1H3. The topological polar surface area (TPSA) is 54.9 Å². The molecule has 6 nitrogen and oxygen atoms in total. The summed E-state index contributed by atoms with van der Waals surface area (Å²) < 4.78 is 37.3. The maximum atomic E-state index is 13.4. The number of halogens is 2. The summed E-state index contributed by atoms with van der Waals surface area (Å²) in [5, 5.41) is 2.50. The van der Waals surface area contributed by atoms with Crippen LogP contribution in [-0.2, 0) is 11.3 Å². The highest BCUT2D eigenvalue weighted by molar-refractivity contribution is 7.13. The highest BCUT2D eigenvalue weighted by Gasteiger charge is 2.24. The quantitative estimate of drug-likeness (QED) is 0.494. The minimum absolute atomic E-state index is 0.0605.